The van der Waals surface area contributed by atoms with Gasteiger partial charge in [-0.1, -0.05) is 23.7 Å². The van der Waals surface area contributed by atoms with Gasteiger partial charge in [-0.05, 0) is 36.4 Å². The summed E-state index contributed by atoms with van der Waals surface area (Å²) in [5, 5.41) is 1.15. The van der Waals surface area contributed by atoms with E-state index in [9.17, 15) is 13.2 Å². The molecule has 1 heterocycles. The zero-order chi connectivity index (χ0) is 17.9. The summed E-state index contributed by atoms with van der Waals surface area (Å²) in [7, 11) is -1.90. The third kappa shape index (κ3) is 4.69. The molecule has 3 nitrogen and oxygen atoms in total. The topological polar surface area (TPSA) is 69.2 Å². The molecule has 0 amide bonds. The largest absolute Gasteiger partial charge is 0.601 e. The van der Waals surface area contributed by atoms with E-state index in [4.69, 9.17) is 24.2 Å². The Hall–Kier alpha value is -1.16. The molecule has 0 aliphatic rings. The average Bonchev–Trinajstić information content (AvgIpc) is 2.86. The molecule has 9 heteroatoms. The van der Waals surface area contributed by atoms with Crippen LogP contribution in [0.4, 0.5) is 13.2 Å². The van der Waals surface area contributed by atoms with Crippen molar-refractivity contribution >= 4 is 32.2 Å². The van der Waals surface area contributed by atoms with Gasteiger partial charge in [0.25, 0.3) is 0 Å². The first kappa shape index (κ1) is 19.2. The maximum Gasteiger partial charge on any atom is 0.601 e. The van der Waals surface area contributed by atoms with Crippen LogP contribution >= 0.6 is 22.1 Å². The molecule has 3 aromatic rings. The second-order valence-electron chi connectivity index (χ2n) is 4.49. The predicted molar refractivity (Wildman–Crippen MR) is 78.2 cm³/mol. The van der Waals surface area contributed by atoms with Gasteiger partial charge in [0.1, 0.15) is 10.5 Å². The maximum absolute atomic E-state index is 13.4. The lowest BCUT2D eigenvalue weighted by molar-refractivity contribution is -1.73. The summed E-state index contributed by atoms with van der Waals surface area (Å²) in [6, 6.07) is 14.8. The zero-order valence-corrected chi connectivity index (χ0v) is 14.9. The third-order valence-electron chi connectivity index (χ3n) is 3.01. The van der Waals surface area contributed by atoms with Crippen molar-refractivity contribution < 1.29 is 40.6 Å². The molecular formula is C15H9BrClF3O3S. The van der Waals surface area contributed by atoms with Crippen LogP contribution < -0.4 is 12.6 Å². The van der Waals surface area contributed by atoms with Gasteiger partial charge in [-0.15, -0.1) is 13.2 Å². The van der Waals surface area contributed by atoms with E-state index >= 15 is 0 Å². The Morgan fingerprint density at radius 1 is 0.917 bits per heavy atom. The number of rotatable bonds is 1. The number of hydrogen-bond donors (Lipinski definition) is 0. The summed E-state index contributed by atoms with van der Waals surface area (Å²) >= 11 is 2.15. The number of halogens is 5. The van der Waals surface area contributed by atoms with Gasteiger partial charge in [0, 0.05) is 22.0 Å². The highest BCUT2D eigenvalue weighted by Crippen LogP contribution is 2.54. The van der Waals surface area contributed by atoms with Crippen LogP contribution in [-0.2, 0) is 5.51 Å². The van der Waals surface area contributed by atoms with Crippen LogP contribution in [0.1, 0.15) is 0 Å². The van der Waals surface area contributed by atoms with Gasteiger partial charge in [0.2, 0.25) is 14.8 Å². The van der Waals surface area contributed by atoms with E-state index in [-0.39, 0.29) is 0 Å². The van der Waals surface area contributed by atoms with Crippen molar-refractivity contribution in [3.63, 3.8) is 0 Å². The number of alkyl halides is 3. The molecule has 0 fully saturated rings. The minimum absolute atomic E-state index is 0.301. The molecule has 0 aliphatic carbocycles. The van der Waals surface area contributed by atoms with Crippen LogP contribution in [0.5, 0.6) is 0 Å². The molecule has 0 radical (unpaired) electrons. The van der Waals surface area contributed by atoms with E-state index in [0.717, 1.165) is 0 Å². The highest BCUT2D eigenvalue weighted by molar-refractivity contribution is 7.41. The Morgan fingerprint density at radius 2 is 1.46 bits per heavy atom. The van der Waals surface area contributed by atoms with Gasteiger partial charge in [0.05, 0.1) is 0 Å². The minimum Gasteiger partial charge on any atom is -0.405 e. The Morgan fingerprint density at radius 3 is 2.00 bits per heavy atom. The minimum atomic E-state index is -4.28. The van der Waals surface area contributed by atoms with Crippen molar-refractivity contribution in [1.29, 1.82) is 0 Å². The summed E-state index contributed by atoms with van der Waals surface area (Å²) < 4.78 is 66.1. The summed E-state index contributed by atoms with van der Waals surface area (Å²) in [5.74, 6) is 0. The summed E-state index contributed by atoms with van der Waals surface area (Å²) in [5.41, 5.74) is -3.72. The highest BCUT2D eigenvalue weighted by Gasteiger charge is 2.48. The zero-order valence-electron chi connectivity index (χ0n) is 11.7. The van der Waals surface area contributed by atoms with E-state index < -0.39 is 30.8 Å². The van der Waals surface area contributed by atoms with Crippen molar-refractivity contribution in [1.82, 2.24) is 0 Å². The van der Waals surface area contributed by atoms with E-state index in [1.54, 1.807) is 54.6 Å². The van der Waals surface area contributed by atoms with Crippen LogP contribution in [0.3, 0.4) is 0 Å². The lowest BCUT2D eigenvalue weighted by atomic mass is 10.1. The average molecular weight is 442 g/mol. The van der Waals surface area contributed by atoms with Crippen molar-refractivity contribution in [3.8, 4) is 10.4 Å². The van der Waals surface area contributed by atoms with Crippen molar-refractivity contribution in [2.45, 2.75) is 5.51 Å². The van der Waals surface area contributed by atoms with Gasteiger partial charge >= 0.3 is 5.51 Å². The monoisotopic (exact) mass is 440 g/mol. The second-order valence-corrected chi connectivity index (χ2v) is 7.68. The van der Waals surface area contributed by atoms with E-state index in [0.29, 0.717) is 25.5 Å². The summed E-state index contributed by atoms with van der Waals surface area (Å²) in [4.78, 5) is 0.301. The Balaban J connectivity index is 0.000000471. The van der Waals surface area contributed by atoms with Crippen molar-refractivity contribution in [2.75, 3.05) is 0 Å². The lowest BCUT2D eigenvalue weighted by Gasteiger charge is -2.00. The molecule has 0 aliphatic heterocycles. The number of hydrogen-bond acceptors (Lipinski definition) is 3. The number of benzene rings is 2. The van der Waals surface area contributed by atoms with Crippen LogP contribution in [0.25, 0.3) is 20.5 Å². The van der Waals surface area contributed by atoms with Gasteiger partial charge in [-0.3, -0.25) is 0 Å². The molecule has 128 valence electrons. The van der Waals surface area contributed by atoms with Crippen LogP contribution in [0, 0.1) is 14.8 Å². The second kappa shape index (κ2) is 7.81. The Kier molecular flexibility index (Phi) is 6.24. The van der Waals surface area contributed by atoms with Crippen LogP contribution in [-0.4, -0.2) is 0 Å². The van der Waals surface area contributed by atoms with E-state index in [1.165, 1.54) is 0 Å². The molecule has 1 unspecified atom stereocenters. The molecule has 3 rings (SSSR count). The predicted octanol–water partition coefficient (Wildman–Crippen LogP) is 2.82. The molecule has 0 saturated carbocycles. The third-order valence-corrected chi connectivity index (χ3v) is 5.33. The standard InChI is InChI=1S/C15H9ClF3S.BrO3/c16-12-7-5-10(6-8-12)14-9-11-3-1-2-4-13(11)20(14)15(17,18)19;2-1(3)4/h1-9H;/q+1;-1. The fourth-order valence-electron chi connectivity index (χ4n) is 2.17. The summed E-state index contributed by atoms with van der Waals surface area (Å²) in [6.45, 7) is 0. The van der Waals surface area contributed by atoms with Crippen LogP contribution in [0.15, 0.2) is 54.6 Å². The van der Waals surface area contributed by atoms with Crippen molar-refractivity contribution in [2.24, 2.45) is 0 Å². The number of thiophene rings is 1. The van der Waals surface area contributed by atoms with Gasteiger partial charge < -0.3 is 12.6 Å². The number of fused-ring (bicyclic) bond motifs is 1. The van der Waals surface area contributed by atoms with Gasteiger partial charge in [-0.2, -0.15) is 0 Å². The smallest absolute Gasteiger partial charge is 0.405 e. The molecule has 0 saturated heterocycles. The normalized spacial score (nSPS) is 12.2. The fraction of sp³-hybridized carbons (Fsp3) is 0.0667. The molecule has 1 aromatic heterocycles. The molecule has 1 atom stereocenters. The highest BCUT2D eigenvalue weighted by atomic mass is 80.0. The van der Waals surface area contributed by atoms with E-state index in [1.807, 2.05) is 0 Å². The molecule has 0 spiro atoms. The molecule has 2 aromatic carbocycles. The molecule has 0 N–H and O–H groups in total. The SMILES string of the molecule is FC(F)(F)[s+]1c(-c2ccc(Cl)cc2)cc2ccccc21.[O-][Br+2]([O-])[O-]. The summed E-state index contributed by atoms with van der Waals surface area (Å²) in [6.07, 6.45) is 0. The lowest BCUT2D eigenvalue weighted by Crippen LogP contribution is -2.42. The molecule has 0 bridgehead atoms. The molecule has 24 heavy (non-hydrogen) atoms. The van der Waals surface area contributed by atoms with Crippen molar-refractivity contribution in [3.05, 3.63) is 59.6 Å². The fourth-order valence-corrected chi connectivity index (χ4v) is 4.22. The van der Waals surface area contributed by atoms with Gasteiger partial charge in [0.15, 0.2) is 9.58 Å². The molecular weight excluding hydrogens is 433 g/mol. The maximum atomic E-state index is 13.4. The Bertz CT molecular complexity index is 816. The quantitative estimate of drug-likeness (QED) is 0.545. The van der Waals surface area contributed by atoms with E-state index in [2.05, 4.69) is 0 Å². The first-order valence-electron chi connectivity index (χ1n) is 6.31. The van der Waals surface area contributed by atoms with Gasteiger partial charge in [-0.25, -0.2) is 0 Å². The van der Waals surface area contributed by atoms with Crippen LogP contribution in [0.2, 0.25) is 5.02 Å². The first-order valence-corrected chi connectivity index (χ1v) is 9.85. The first-order chi connectivity index (χ1) is 11.2. The Labute approximate surface area is 148 Å².